The van der Waals surface area contributed by atoms with E-state index < -0.39 is 9.84 Å². The van der Waals surface area contributed by atoms with Crippen LogP contribution in [-0.2, 0) is 9.84 Å². The molecule has 1 saturated carbocycles. The summed E-state index contributed by atoms with van der Waals surface area (Å²) in [6.45, 7) is 4.69. The van der Waals surface area contributed by atoms with Gasteiger partial charge in [-0.05, 0) is 43.6 Å². The summed E-state index contributed by atoms with van der Waals surface area (Å²) in [4.78, 5) is 0. The molecule has 16 heavy (non-hydrogen) atoms. The Morgan fingerprint density at radius 3 is 2.56 bits per heavy atom. The van der Waals surface area contributed by atoms with Gasteiger partial charge in [0.25, 0.3) is 0 Å². The molecule has 0 aromatic heterocycles. The van der Waals surface area contributed by atoms with Gasteiger partial charge in [0.05, 0.1) is 5.75 Å². The second-order valence-electron chi connectivity index (χ2n) is 5.39. The number of hydrogen-bond donors (Lipinski definition) is 1. The lowest BCUT2D eigenvalue weighted by atomic mass is 9.81. The van der Waals surface area contributed by atoms with Gasteiger partial charge in [-0.2, -0.15) is 0 Å². The van der Waals surface area contributed by atoms with Crippen LogP contribution in [-0.4, -0.2) is 26.5 Å². The van der Waals surface area contributed by atoms with Gasteiger partial charge >= 0.3 is 0 Å². The van der Waals surface area contributed by atoms with Gasteiger partial charge in [0.2, 0.25) is 0 Å². The van der Waals surface area contributed by atoms with Crippen LogP contribution in [0.3, 0.4) is 0 Å². The maximum Gasteiger partial charge on any atom is 0.150 e. The van der Waals surface area contributed by atoms with Crippen molar-refractivity contribution in [3.63, 3.8) is 0 Å². The van der Waals surface area contributed by atoms with Gasteiger partial charge in [0.1, 0.15) is 9.84 Å². The molecule has 2 N–H and O–H groups in total. The first-order valence-electron chi connectivity index (χ1n) is 6.33. The molecule has 1 rings (SSSR count). The summed E-state index contributed by atoms with van der Waals surface area (Å²) in [7, 11) is -2.80. The topological polar surface area (TPSA) is 60.2 Å². The molecule has 2 atom stereocenters. The van der Waals surface area contributed by atoms with Crippen LogP contribution < -0.4 is 5.73 Å². The van der Waals surface area contributed by atoms with Crippen LogP contribution in [0.15, 0.2) is 0 Å². The largest absolute Gasteiger partial charge is 0.330 e. The summed E-state index contributed by atoms with van der Waals surface area (Å²) in [6, 6.07) is 0. The summed E-state index contributed by atoms with van der Waals surface area (Å²) < 4.78 is 22.8. The zero-order valence-electron chi connectivity index (χ0n) is 10.5. The molecule has 0 radical (unpaired) electrons. The number of nitrogens with two attached hydrogens (primary N) is 1. The minimum atomic E-state index is -2.80. The average Bonchev–Trinajstić information content (AvgIpc) is 2.61. The molecule has 0 saturated heterocycles. The number of hydrogen-bond acceptors (Lipinski definition) is 3. The lowest BCUT2D eigenvalue weighted by molar-refractivity contribution is 0.271. The summed E-state index contributed by atoms with van der Waals surface area (Å²) in [6.07, 6.45) is 5.36. The predicted octanol–water partition coefficient (Wildman–Crippen LogP) is 1.97. The lowest BCUT2D eigenvalue weighted by Gasteiger charge is -2.27. The lowest BCUT2D eigenvalue weighted by Crippen LogP contribution is -2.28. The highest BCUT2D eigenvalue weighted by molar-refractivity contribution is 7.91. The molecule has 0 aromatic carbocycles. The molecule has 1 aliphatic rings. The van der Waals surface area contributed by atoms with Crippen molar-refractivity contribution in [2.45, 2.75) is 46.0 Å². The van der Waals surface area contributed by atoms with E-state index in [2.05, 4.69) is 6.92 Å². The van der Waals surface area contributed by atoms with Crippen molar-refractivity contribution in [2.75, 3.05) is 18.1 Å². The Balaban J connectivity index is 2.41. The van der Waals surface area contributed by atoms with E-state index in [0.29, 0.717) is 12.3 Å². The minimum Gasteiger partial charge on any atom is -0.330 e. The molecule has 96 valence electrons. The first-order chi connectivity index (χ1) is 7.43. The molecule has 4 heteroatoms. The molecule has 0 amide bonds. The van der Waals surface area contributed by atoms with E-state index in [0.717, 1.165) is 18.8 Å². The normalized spacial score (nSPS) is 30.8. The van der Waals surface area contributed by atoms with Crippen LogP contribution in [0.1, 0.15) is 46.0 Å². The molecular formula is C12H25NO2S. The van der Waals surface area contributed by atoms with Crippen molar-refractivity contribution in [3.8, 4) is 0 Å². The molecule has 0 heterocycles. The van der Waals surface area contributed by atoms with E-state index in [1.165, 1.54) is 19.3 Å². The summed E-state index contributed by atoms with van der Waals surface area (Å²) in [5.41, 5.74) is 6.10. The Bertz CT molecular complexity index is 313. The molecule has 0 aromatic rings. The molecule has 1 fully saturated rings. The van der Waals surface area contributed by atoms with Gasteiger partial charge in [0.15, 0.2) is 0 Å². The first kappa shape index (κ1) is 14.0. The maximum atomic E-state index is 11.4. The molecule has 0 bridgehead atoms. The Morgan fingerprint density at radius 2 is 2.12 bits per heavy atom. The fourth-order valence-electron chi connectivity index (χ4n) is 2.82. The van der Waals surface area contributed by atoms with Gasteiger partial charge in [-0.1, -0.05) is 20.3 Å². The van der Waals surface area contributed by atoms with Crippen molar-refractivity contribution in [2.24, 2.45) is 17.1 Å². The second kappa shape index (κ2) is 5.50. The van der Waals surface area contributed by atoms with Crippen LogP contribution in [0.2, 0.25) is 0 Å². The Labute approximate surface area is 99.7 Å². The molecule has 3 nitrogen and oxygen atoms in total. The third-order valence-corrected chi connectivity index (χ3v) is 5.77. The zero-order valence-corrected chi connectivity index (χ0v) is 11.4. The van der Waals surface area contributed by atoms with E-state index >= 15 is 0 Å². The number of sulfone groups is 1. The Hall–Kier alpha value is -0.0900. The van der Waals surface area contributed by atoms with Gasteiger partial charge in [-0.15, -0.1) is 0 Å². The van der Waals surface area contributed by atoms with Crippen LogP contribution in [0, 0.1) is 11.3 Å². The SMILES string of the molecule is CCS(=O)(=O)CCCC1(CN)CCC(C)C1. The smallest absolute Gasteiger partial charge is 0.150 e. The third kappa shape index (κ3) is 3.74. The van der Waals surface area contributed by atoms with E-state index in [9.17, 15) is 8.42 Å². The van der Waals surface area contributed by atoms with Gasteiger partial charge in [0, 0.05) is 5.75 Å². The fourth-order valence-corrected chi connectivity index (χ4v) is 3.69. The zero-order chi connectivity index (χ0) is 12.2. The van der Waals surface area contributed by atoms with Gasteiger partial charge in [-0.3, -0.25) is 0 Å². The van der Waals surface area contributed by atoms with Crippen molar-refractivity contribution < 1.29 is 8.42 Å². The highest BCUT2D eigenvalue weighted by atomic mass is 32.2. The van der Waals surface area contributed by atoms with Gasteiger partial charge < -0.3 is 5.73 Å². The molecule has 0 spiro atoms. The standard InChI is InChI=1S/C12H25NO2S/c1-3-16(14,15)8-4-6-12(10-13)7-5-11(2)9-12/h11H,3-10,13H2,1-2H3. The predicted molar refractivity (Wildman–Crippen MR) is 68.1 cm³/mol. The molecule has 2 unspecified atom stereocenters. The fraction of sp³-hybridized carbons (Fsp3) is 1.00. The third-order valence-electron chi connectivity index (χ3n) is 3.98. The summed E-state index contributed by atoms with van der Waals surface area (Å²) in [5, 5.41) is 0. The average molecular weight is 247 g/mol. The van der Waals surface area contributed by atoms with E-state index in [-0.39, 0.29) is 11.2 Å². The highest BCUT2D eigenvalue weighted by Gasteiger charge is 2.35. The molecule has 0 aliphatic heterocycles. The van der Waals surface area contributed by atoms with Crippen molar-refractivity contribution >= 4 is 9.84 Å². The van der Waals surface area contributed by atoms with Crippen LogP contribution >= 0.6 is 0 Å². The van der Waals surface area contributed by atoms with Crippen molar-refractivity contribution in [3.05, 3.63) is 0 Å². The van der Waals surface area contributed by atoms with Crippen LogP contribution in [0.4, 0.5) is 0 Å². The Kier molecular flexibility index (Phi) is 4.80. The van der Waals surface area contributed by atoms with Crippen molar-refractivity contribution in [1.82, 2.24) is 0 Å². The Morgan fingerprint density at radius 1 is 1.44 bits per heavy atom. The van der Waals surface area contributed by atoms with Gasteiger partial charge in [-0.25, -0.2) is 8.42 Å². The molecule has 1 aliphatic carbocycles. The van der Waals surface area contributed by atoms with E-state index in [4.69, 9.17) is 5.73 Å². The maximum absolute atomic E-state index is 11.4. The minimum absolute atomic E-state index is 0.239. The first-order valence-corrected chi connectivity index (χ1v) is 8.16. The monoisotopic (exact) mass is 247 g/mol. The van der Waals surface area contributed by atoms with E-state index in [1.807, 2.05) is 0 Å². The summed E-state index contributed by atoms with van der Waals surface area (Å²) in [5.74, 6) is 1.35. The highest BCUT2D eigenvalue weighted by Crippen LogP contribution is 2.44. The second-order valence-corrected chi connectivity index (χ2v) is 7.86. The molecular weight excluding hydrogens is 222 g/mol. The summed E-state index contributed by atoms with van der Waals surface area (Å²) >= 11 is 0. The van der Waals surface area contributed by atoms with Crippen LogP contribution in [0.5, 0.6) is 0 Å². The number of rotatable bonds is 6. The van der Waals surface area contributed by atoms with Crippen molar-refractivity contribution in [1.29, 1.82) is 0 Å². The van der Waals surface area contributed by atoms with Crippen LogP contribution in [0.25, 0.3) is 0 Å². The quantitative estimate of drug-likeness (QED) is 0.780. The van der Waals surface area contributed by atoms with E-state index in [1.54, 1.807) is 6.92 Å².